The largest absolute Gasteiger partial charge is 0.394 e. The third kappa shape index (κ3) is 6.95. The highest BCUT2D eigenvalue weighted by atomic mass is 32.2. The smallest absolute Gasteiger partial charge is 0.0608 e. The van der Waals surface area contributed by atoms with Crippen LogP contribution in [0, 0.1) is 0 Å². The predicted molar refractivity (Wildman–Crippen MR) is 56.5 cm³/mol. The van der Waals surface area contributed by atoms with E-state index in [2.05, 4.69) is 6.92 Å². The van der Waals surface area contributed by atoms with Gasteiger partial charge in [0.25, 0.3) is 0 Å². The first-order chi connectivity index (χ1) is 5.62. The summed E-state index contributed by atoms with van der Waals surface area (Å²) >= 11 is 1.96. The monoisotopic (exact) mass is 191 g/mol. The van der Waals surface area contributed by atoms with Crippen LogP contribution in [-0.2, 0) is 0 Å². The van der Waals surface area contributed by atoms with Gasteiger partial charge in [-0.3, -0.25) is 0 Å². The average Bonchev–Trinajstić information content (AvgIpc) is 2.04. The Morgan fingerprint density at radius 2 is 2.08 bits per heavy atom. The van der Waals surface area contributed by atoms with Gasteiger partial charge in [-0.2, -0.15) is 11.8 Å². The highest BCUT2D eigenvalue weighted by Gasteiger charge is 2.15. The zero-order valence-corrected chi connectivity index (χ0v) is 8.99. The van der Waals surface area contributed by atoms with Gasteiger partial charge in [0.2, 0.25) is 0 Å². The van der Waals surface area contributed by atoms with Gasteiger partial charge in [-0.25, -0.2) is 0 Å². The highest BCUT2D eigenvalue weighted by Crippen LogP contribution is 2.12. The molecule has 0 saturated heterocycles. The van der Waals surface area contributed by atoms with Crippen LogP contribution in [0.1, 0.15) is 33.1 Å². The molecule has 0 aromatic carbocycles. The number of nitrogens with two attached hydrogens (primary N) is 1. The molecule has 0 amide bonds. The Hall–Kier alpha value is 0.270. The maximum atomic E-state index is 8.87. The van der Waals surface area contributed by atoms with E-state index >= 15 is 0 Å². The minimum atomic E-state index is -0.364. The van der Waals surface area contributed by atoms with Gasteiger partial charge in [-0.15, -0.1) is 0 Å². The van der Waals surface area contributed by atoms with E-state index in [1.165, 1.54) is 17.9 Å². The Labute approximate surface area is 79.9 Å². The van der Waals surface area contributed by atoms with E-state index in [-0.39, 0.29) is 12.1 Å². The van der Waals surface area contributed by atoms with Crippen LogP contribution in [0.2, 0.25) is 0 Å². The maximum absolute atomic E-state index is 8.87. The molecule has 0 saturated carbocycles. The van der Waals surface area contributed by atoms with Crippen LogP contribution in [0.15, 0.2) is 0 Å². The van der Waals surface area contributed by atoms with Crippen LogP contribution in [0.25, 0.3) is 0 Å². The molecule has 74 valence electrons. The number of aliphatic hydroxyl groups excluding tert-OH is 1. The molecule has 12 heavy (non-hydrogen) atoms. The van der Waals surface area contributed by atoms with E-state index in [1.807, 2.05) is 18.7 Å². The summed E-state index contributed by atoms with van der Waals surface area (Å²) in [5.74, 6) is 2.41. The Balaban J connectivity index is 3.19. The molecule has 0 spiro atoms. The molecule has 0 fully saturated rings. The number of rotatable bonds is 7. The minimum Gasteiger partial charge on any atom is -0.394 e. The third-order valence-electron chi connectivity index (χ3n) is 1.85. The van der Waals surface area contributed by atoms with E-state index in [0.717, 1.165) is 12.8 Å². The average molecular weight is 191 g/mol. The van der Waals surface area contributed by atoms with Crippen LogP contribution in [0.4, 0.5) is 0 Å². The van der Waals surface area contributed by atoms with Crippen LogP contribution < -0.4 is 5.73 Å². The van der Waals surface area contributed by atoms with Crippen LogP contribution in [0.3, 0.4) is 0 Å². The van der Waals surface area contributed by atoms with Crippen molar-refractivity contribution in [1.29, 1.82) is 0 Å². The van der Waals surface area contributed by atoms with Gasteiger partial charge in [-0.1, -0.05) is 13.3 Å². The van der Waals surface area contributed by atoms with Crippen molar-refractivity contribution in [3.05, 3.63) is 0 Å². The predicted octanol–water partition coefficient (Wildman–Crippen LogP) is 1.62. The van der Waals surface area contributed by atoms with Crippen molar-refractivity contribution in [2.45, 2.75) is 38.6 Å². The van der Waals surface area contributed by atoms with E-state index in [0.29, 0.717) is 0 Å². The number of thioether (sulfide) groups is 1. The number of hydrogen-bond acceptors (Lipinski definition) is 3. The zero-order chi connectivity index (χ0) is 9.45. The fourth-order valence-electron chi connectivity index (χ4n) is 0.956. The van der Waals surface area contributed by atoms with Gasteiger partial charge < -0.3 is 10.8 Å². The molecular formula is C9H21NOS. The van der Waals surface area contributed by atoms with Gasteiger partial charge in [0, 0.05) is 5.54 Å². The maximum Gasteiger partial charge on any atom is 0.0608 e. The van der Waals surface area contributed by atoms with Crippen molar-refractivity contribution in [3.8, 4) is 0 Å². The Morgan fingerprint density at radius 3 is 2.58 bits per heavy atom. The van der Waals surface area contributed by atoms with Gasteiger partial charge in [0.05, 0.1) is 6.61 Å². The summed E-state index contributed by atoms with van der Waals surface area (Å²) in [6.07, 6.45) is 3.26. The van der Waals surface area contributed by atoms with Gasteiger partial charge >= 0.3 is 0 Å². The topological polar surface area (TPSA) is 46.2 Å². The third-order valence-corrected chi connectivity index (χ3v) is 2.84. The van der Waals surface area contributed by atoms with Crippen LogP contribution in [0.5, 0.6) is 0 Å². The van der Waals surface area contributed by atoms with Crippen molar-refractivity contribution >= 4 is 11.8 Å². The lowest BCUT2D eigenvalue weighted by Crippen LogP contribution is -2.39. The quantitative estimate of drug-likeness (QED) is 0.601. The van der Waals surface area contributed by atoms with E-state index in [9.17, 15) is 0 Å². The van der Waals surface area contributed by atoms with E-state index in [4.69, 9.17) is 10.8 Å². The molecule has 0 radical (unpaired) electrons. The van der Waals surface area contributed by atoms with Crippen molar-refractivity contribution in [2.75, 3.05) is 18.1 Å². The lowest BCUT2D eigenvalue weighted by molar-refractivity contribution is 0.198. The summed E-state index contributed by atoms with van der Waals surface area (Å²) in [6, 6.07) is 0. The van der Waals surface area contributed by atoms with Gasteiger partial charge in [0.15, 0.2) is 0 Å². The first-order valence-electron chi connectivity index (χ1n) is 4.60. The number of aliphatic hydroxyl groups is 1. The summed E-state index contributed by atoms with van der Waals surface area (Å²) in [4.78, 5) is 0. The molecule has 3 heteroatoms. The minimum absolute atomic E-state index is 0.0912. The second kappa shape index (κ2) is 6.75. The first kappa shape index (κ1) is 12.3. The molecule has 0 heterocycles. The van der Waals surface area contributed by atoms with Crippen molar-refractivity contribution in [2.24, 2.45) is 5.73 Å². The van der Waals surface area contributed by atoms with Crippen molar-refractivity contribution in [1.82, 2.24) is 0 Å². The Kier molecular flexibility index (Phi) is 6.90. The number of hydrogen-bond donors (Lipinski definition) is 2. The SMILES string of the molecule is CCSCCCCC(C)(N)CO. The molecule has 0 aromatic heterocycles. The second-order valence-electron chi connectivity index (χ2n) is 3.47. The van der Waals surface area contributed by atoms with Crippen LogP contribution in [-0.4, -0.2) is 28.8 Å². The highest BCUT2D eigenvalue weighted by molar-refractivity contribution is 7.99. The van der Waals surface area contributed by atoms with Crippen molar-refractivity contribution < 1.29 is 5.11 Å². The normalized spacial score (nSPS) is 16.0. The summed E-state index contributed by atoms with van der Waals surface area (Å²) < 4.78 is 0. The lowest BCUT2D eigenvalue weighted by Gasteiger charge is -2.21. The molecule has 1 unspecified atom stereocenters. The fraction of sp³-hybridized carbons (Fsp3) is 1.00. The summed E-state index contributed by atoms with van der Waals surface area (Å²) in [5, 5.41) is 8.87. The van der Waals surface area contributed by atoms with Gasteiger partial charge in [-0.05, 0) is 31.3 Å². The fourth-order valence-corrected chi connectivity index (χ4v) is 1.65. The summed E-state index contributed by atoms with van der Waals surface area (Å²) in [7, 11) is 0. The second-order valence-corrected chi connectivity index (χ2v) is 4.86. The molecule has 2 nitrogen and oxygen atoms in total. The molecule has 1 atom stereocenters. The lowest BCUT2D eigenvalue weighted by atomic mass is 9.98. The summed E-state index contributed by atoms with van der Waals surface area (Å²) in [6.45, 7) is 4.17. The van der Waals surface area contributed by atoms with Gasteiger partial charge in [0.1, 0.15) is 0 Å². The molecule has 0 aliphatic carbocycles. The van der Waals surface area contributed by atoms with Crippen molar-refractivity contribution in [3.63, 3.8) is 0 Å². The molecule has 0 bridgehead atoms. The molecule has 0 aliphatic rings. The Bertz CT molecular complexity index is 107. The standard InChI is InChI=1S/C9H21NOS/c1-3-12-7-5-4-6-9(2,10)8-11/h11H,3-8,10H2,1-2H3. The molecule has 0 rings (SSSR count). The molecular weight excluding hydrogens is 170 g/mol. The van der Waals surface area contributed by atoms with Crippen LogP contribution >= 0.6 is 11.8 Å². The van der Waals surface area contributed by atoms with E-state index < -0.39 is 0 Å². The molecule has 3 N–H and O–H groups in total. The zero-order valence-electron chi connectivity index (χ0n) is 8.18. The summed E-state index contributed by atoms with van der Waals surface area (Å²) in [5.41, 5.74) is 5.41. The number of unbranched alkanes of at least 4 members (excludes halogenated alkanes) is 1. The first-order valence-corrected chi connectivity index (χ1v) is 5.75. The Morgan fingerprint density at radius 1 is 1.42 bits per heavy atom. The molecule has 0 aromatic rings. The molecule has 0 aliphatic heterocycles. The van der Waals surface area contributed by atoms with E-state index in [1.54, 1.807) is 0 Å².